The van der Waals surface area contributed by atoms with E-state index >= 15 is 0 Å². The van der Waals surface area contributed by atoms with Crippen molar-refractivity contribution in [2.45, 2.75) is 6.92 Å². The van der Waals surface area contributed by atoms with E-state index in [1.807, 2.05) is 66.7 Å². The summed E-state index contributed by atoms with van der Waals surface area (Å²) in [5.74, 6) is 0.593. The summed E-state index contributed by atoms with van der Waals surface area (Å²) >= 11 is 0. The van der Waals surface area contributed by atoms with Gasteiger partial charge in [0.2, 0.25) is 5.91 Å². The lowest BCUT2D eigenvalue weighted by Crippen LogP contribution is -2.12. The molecular weight excluding hydrogens is 276 g/mol. The van der Waals surface area contributed by atoms with Gasteiger partial charge in [0, 0.05) is 6.92 Å². The fourth-order valence-electron chi connectivity index (χ4n) is 1.74. The zero-order chi connectivity index (χ0) is 15.6. The number of amides is 1. The van der Waals surface area contributed by atoms with Crippen molar-refractivity contribution in [2.24, 2.45) is 5.10 Å². The summed E-state index contributed by atoms with van der Waals surface area (Å²) < 4.78 is 5.62. The Kier molecular flexibility index (Phi) is 5.93. The van der Waals surface area contributed by atoms with Gasteiger partial charge in [0.25, 0.3) is 0 Å². The molecule has 2 rings (SSSR count). The zero-order valence-corrected chi connectivity index (χ0v) is 12.4. The first kappa shape index (κ1) is 15.5. The Morgan fingerprint density at radius 1 is 1.09 bits per heavy atom. The highest BCUT2D eigenvalue weighted by Crippen LogP contribution is 2.11. The van der Waals surface area contributed by atoms with Crippen molar-refractivity contribution >= 4 is 18.2 Å². The van der Waals surface area contributed by atoms with E-state index in [1.54, 1.807) is 6.21 Å². The van der Waals surface area contributed by atoms with Crippen LogP contribution in [0.3, 0.4) is 0 Å². The van der Waals surface area contributed by atoms with Crippen LogP contribution in [0.15, 0.2) is 65.8 Å². The van der Waals surface area contributed by atoms with Crippen LogP contribution in [0.5, 0.6) is 5.75 Å². The first-order chi connectivity index (χ1) is 10.7. The summed E-state index contributed by atoms with van der Waals surface area (Å²) in [6.45, 7) is 1.92. The van der Waals surface area contributed by atoms with E-state index < -0.39 is 0 Å². The molecule has 1 amide bonds. The highest BCUT2D eigenvalue weighted by molar-refractivity contribution is 5.81. The molecule has 0 saturated carbocycles. The van der Waals surface area contributed by atoms with Gasteiger partial charge in [0.05, 0.1) is 6.21 Å². The normalized spacial score (nSPS) is 11.0. The van der Waals surface area contributed by atoms with Crippen LogP contribution < -0.4 is 10.2 Å². The molecule has 0 unspecified atom stereocenters. The second-order valence-corrected chi connectivity index (χ2v) is 4.62. The van der Waals surface area contributed by atoms with Gasteiger partial charge in [-0.05, 0) is 41.5 Å². The Morgan fingerprint density at radius 2 is 1.82 bits per heavy atom. The van der Waals surface area contributed by atoms with Crippen LogP contribution >= 0.6 is 0 Å². The Hall–Kier alpha value is -2.88. The van der Waals surface area contributed by atoms with Crippen LogP contribution in [-0.4, -0.2) is 18.7 Å². The number of benzene rings is 2. The molecule has 0 heterocycles. The molecule has 22 heavy (non-hydrogen) atoms. The molecule has 0 aliphatic rings. The zero-order valence-electron chi connectivity index (χ0n) is 12.4. The van der Waals surface area contributed by atoms with Gasteiger partial charge >= 0.3 is 0 Å². The largest absolute Gasteiger partial charge is 0.490 e. The second-order valence-electron chi connectivity index (χ2n) is 4.62. The van der Waals surface area contributed by atoms with E-state index in [-0.39, 0.29) is 5.91 Å². The molecule has 0 atom stereocenters. The van der Waals surface area contributed by atoms with E-state index in [1.165, 1.54) is 6.92 Å². The molecular formula is C18H18N2O2. The lowest BCUT2D eigenvalue weighted by atomic mass is 10.2. The maximum Gasteiger partial charge on any atom is 0.236 e. The van der Waals surface area contributed by atoms with E-state index in [4.69, 9.17) is 4.74 Å². The average molecular weight is 294 g/mol. The summed E-state index contributed by atoms with van der Waals surface area (Å²) in [5.41, 5.74) is 4.39. The maximum absolute atomic E-state index is 10.7. The summed E-state index contributed by atoms with van der Waals surface area (Å²) in [6, 6.07) is 17.6. The smallest absolute Gasteiger partial charge is 0.236 e. The minimum Gasteiger partial charge on any atom is -0.490 e. The molecule has 1 N–H and O–H groups in total. The Labute approximate surface area is 130 Å². The number of hydrogen-bond acceptors (Lipinski definition) is 3. The van der Waals surface area contributed by atoms with Gasteiger partial charge in [-0.2, -0.15) is 5.10 Å². The molecule has 0 aliphatic heterocycles. The van der Waals surface area contributed by atoms with Crippen molar-refractivity contribution in [3.05, 3.63) is 71.8 Å². The Morgan fingerprint density at radius 3 is 2.50 bits per heavy atom. The van der Waals surface area contributed by atoms with Crippen molar-refractivity contribution in [2.75, 3.05) is 6.61 Å². The third-order valence-corrected chi connectivity index (χ3v) is 2.77. The van der Waals surface area contributed by atoms with Gasteiger partial charge in [-0.15, -0.1) is 0 Å². The number of carbonyl (C=O) groups excluding carboxylic acids is 1. The third-order valence-electron chi connectivity index (χ3n) is 2.77. The average Bonchev–Trinajstić information content (AvgIpc) is 2.54. The number of ether oxygens (including phenoxy) is 1. The van der Waals surface area contributed by atoms with Crippen molar-refractivity contribution in [3.8, 4) is 5.75 Å². The minimum absolute atomic E-state index is 0.193. The first-order valence-corrected chi connectivity index (χ1v) is 6.98. The molecule has 0 aliphatic carbocycles. The minimum atomic E-state index is -0.193. The number of hydrazone groups is 1. The molecule has 0 saturated heterocycles. The number of nitrogens with one attached hydrogen (secondary N) is 1. The van der Waals surface area contributed by atoms with Crippen molar-refractivity contribution in [1.82, 2.24) is 5.43 Å². The number of nitrogens with zero attached hydrogens (tertiary/aromatic N) is 1. The monoisotopic (exact) mass is 294 g/mol. The third kappa shape index (κ3) is 5.63. The van der Waals surface area contributed by atoms with Gasteiger partial charge in [0.15, 0.2) is 0 Å². The van der Waals surface area contributed by atoms with E-state index in [9.17, 15) is 4.79 Å². The van der Waals surface area contributed by atoms with Gasteiger partial charge in [-0.25, -0.2) is 5.43 Å². The highest BCUT2D eigenvalue weighted by Gasteiger charge is 1.93. The SMILES string of the molecule is CC(=O)N/N=C\c1ccc(OC/C=C/c2ccccc2)cc1. The molecule has 4 heteroatoms. The topological polar surface area (TPSA) is 50.7 Å². The maximum atomic E-state index is 10.7. The summed E-state index contributed by atoms with van der Waals surface area (Å²) in [7, 11) is 0. The molecule has 0 radical (unpaired) electrons. The predicted octanol–water partition coefficient (Wildman–Crippen LogP) is 3.25. The molecule has 0 spiro atoms. The van der Waals surface area contributed by atoms with Crippen molar-refractivity contribution in [3.63, 3.8) is 0 Å². The van der Waals surface area contributed by atoms with Gasteiger partial charge in [-0.1, -0.05) is 36.4 Å². The van der Waals surface area contributed by atoms with Crippen LogP contribution in [-0.2, 0) is 4.79 Å². The van der Waals surface area contributed by atoms with Crippen LogP contribution in [0.4, 0.5) is 0 Å². The van der Waals surface area contributed by atoms with Gasteiger partial charge in [-0.3, -0.25) is 4.79 Å². The molecule has 0 bridgehead atoms. The molecule has 2 aromatic rings. The number of carbonyl (C=O) groups is 1. The number of hydrogen-bond donors (Lipinski definition) is 1. The van der Waals surface area contributed by atoms with E-state index in [0.717, 1.165) is 16.9 Å². The Balaban J connectivity index is 1.80. The fourth-order valence-corrected chi connectivity index (χ4v) is 1.74. The summed E-state index contributed by atoms with van der Waals surface area (Å²) in [5, 5.41) is 3.80. The lowest BCUT2D eigenvalue weighted by molar-refractivity contribution is -0.118. The first-order valence-electron chi connectivity index (χ1n) is 6.98. The predicted molar refractivity (Wildman–Crippen MR) is 88.8 cm³/mol. The summed E-state index contributed by atoms with van der Waals surface area (Å²) in [6.07, 6.45) is 5.58. The number of rotatable bonds is 6. The van der Waals surface area contributed by atoms with Crippen LogP contribution in [0.1, 0.15) is 18.1 Å². The van der Waals surface area contributed by atoms with Crippen molar-refractivity contribution in [1.29, 1.82) is 0 Å². The highest BCUT2D eigenvalue weighted by atomic mass is 16.5. The van der Waals surface area contributed by atoms with E-state index in [2.05, 4.69) is 10.5 Å². The van der Waals surface area contributed by atoms with Crippen LogP contribution in [0, 0.1) is 0 Å². The molecule has 0 fully saturated rings. The molecule has 2 aromatic carbocycles. The fraction of sp³-hybridized carbons (Fsp3) is 0.111. The molecule has 112 valence electrons. The summed E-state index contributed by atoms with van der Waals surface area (Å²) in [4.78, 5) is 10.7. The van der Waals surface area contributed by atoms with Gasteiger partial charge in [0.1, 0.15) is 12.4 Å². The lowest BCUT2D eigenvalue weighted by Gasteiger charge is -2.03. The van der Waals surface area contributed by atoms with Gasteiger partial charge < -0.3 is 4.74 Å². The van der Waals surface area contributed by atoms with Crippen LogP contribution in [0.2, 0.25) is 0 Å². The Bertz CT molecular complexity index is 647. The quantitative estimate of drug-likeness (QED) is 0.657. The molecule has 0 aromatic heterocycles. The van der Waals surface area contributed by atoms with E-state index in [0.29, 0.717) is 6.61 Å². The van der Waals surface area contributed by atoms with Crippen LogP contribution in [0.25, 0.3) is 6.08 Å². The molecule has 4 nitrogen and oxygen atoms in total. The van der Waals surface area contributed by atoms with Crippen molar-refractivity contribution < 1.29 is 9.53 Å². The second kappa shape index (κ2) is 8.42. The standard InChI is InChI=1S/C18H18N2O2/c1-15(21)20-19-14-17-9-11-18(12-10-17)22-13-5-8-16-6-3-2-4-7-16/h2-12,14H,13H2,1H3,(H,20,21)/b8-5+,19-14-.